The Morgan fingerprint density at radius 3 is 2.33 bits per heavy atom. The SMILES string of the molecule is C[C@@H](C(=O)Nc1ccc(Cl)cc1)[n+]1cccc(-c2ccccc2)c1. The molecule has 0 radical (unpaired) electrons. The third-order valence-electron chi connectivity index (χ3n) is 3.87. The lowest BCUT2D eigenvalue weighted by atomic mass is 10.1. The number of aromatic nitrogens is 1. The van der Waals surface area contributed by atoms with Gasteiger partial charge >= 0.3 is 0 Å². The van der Waals surface area contributed by atoms with E-state index in [1.54, 1.807) is 24.3 Å². The van der Waals surface area contributed by atoms with Crippen molar-refractivity contribution >= 4 is 23.2 Å². The quantitative estimate of drug-likeness (QED) is 0.699. The molecule has 0 aliphatic rings. The summed E-state index contributed by atoms with van der Waals surface area (Å²) in [6.45, 7) is 1.88. The molecule has 3 nitrogen and oxygen atoms in total. The lowest BCUT2D eigenvalue weighted by molar-refractivity contribution is -0.705. The van der Waals surface area contributed by atoms with Crippen LogP contribution in [0.5, 0.6) is 0 Å². The average molecular weight is 338 g/mol. The average Bonchev–Trinajstić information content (AvgIpc) is 2.64. The first-order valence-electron chi connectivity index (χ1n) is 7.76. The highest BCUT2D eigenvalue weighted by molar-refractivity contribution is 6.30. The zero-order chi connectivity index (χ0) is 16.9. The van der Waals surface area contributed by atoms with Crippen molar-refractivity contribution in [1.29, 1.82) is 0 Å². The Bertz CT molecular complexity index is 832. The predicted octanol–water partition coefficient (Wildman–Crippen LogP) is 4.49. The molecule has 1 atom stereocenters. The molecule has 0 saturated carbocycles. The molecule has 4 heteroatoms. The van der Waals surface area contributed by atoms with Gasteiger partial charge < -0.3 is 5.32 Å². The fraction of sp³-hybridized carbons (Fsp3) is 0.100. The molecule has 3 rings (SSSR count). The van der Waals surface area contributed by atoms with Crippen molar-refractivity contribution in [2.75, 3.05) is 5.32 Å². The number of halogens is 1. The van der Waals surface area contributed by atoms with Crippen molar-refractivity contribution in [2.24, 2.45) is 0 Å². The van der Waals surface area contributed by atoms with Gasteiger partial charge in [-0.3, -0.25) is 4.79 Å². The van der Waals surface area contributed by atoms with Crippen LogP contribution in [0.15, 0.2) is 79.1 Å². The van der Waals surface area contributed by atoms with Crippen LogP contribution in [0.3, 0.4) is 0 Å². The molecule has 24 heavy (non-hydrogen) atoms. The van der Waals surface area contributed by atoms with Crippen molar-refractivity contribution in [3.8, 4) is 11.1 Å². The number of anilines is 1. The molecule has 1 heterocycles. The Kier molecular flexibility index (Phi) is 4.92. The summed E-state index contributed by atoms with van der Waals surface area (Å²) in [5.41, 5.74) is 2.93. The molecule has 0 spiro atoms. The van der Waals surface area contributed by atoms with Gasteiger partial charge in [0.15, 0.2) is 12.4 Å². The van der Waals surface area contributed by atoms with Gasteiger partial charge in [0.2, 0.25) is 6.04 Å². The van der Waals surface area contributed by atoms with Gasteiger partial charge in [-0.2, -0.15) is 4.57 Å². The number of nitrogens with one attached hydrogen (secondary N) is 1. The van der Waals surface area contributed by atoms with E-state index in [2.05, 4.69) is 17.4 Å². The van der Waals surface area contributed by atoms with Gasteiger partial charge in [0, 0.05) is 29.3 Å². The van der Waals surface area contributed by atoms with Crippen molar-refractivity contribution in [3.05, 3.63) is 84.1 Å². The summed E-state index contributed by atoms with van der Waals surface area (Å²) in [5, 5.41) is 3.55. The summed E-state index contributed by atoms with van der Waals surface area (Å²) >= 11 is 5.87. The van der Waals surface area contributed by atoms with Gasteiger partial charge in [0.05, 0.1) is 0 Å². The fourth-order valence-corrected chi connectivity index (χ4v) is 2.58. The van der Waals surface area contributed by atoms with Crippen molar-refractivity contribution in [1.82, 2.24) is 0 Å². The van der Waals surface area contributed by atoms with Crippen molar-refractivity contribution in [3.63, 3.8) is 0 Å². The fourth-order valence-electron chi connectivity index (χ4n) is 2.45. The first kappa shape index (κ1) is 16.2. The van der Waals surface area contributed by atoms with Crippen LogP contribution in [0.2, 0.25) is 5.02 Å². The molecule has 120 valence electrons. The first-order valence-corrected chi connectivity index (χ1v) is 8.14. The molecule has 0 unspecified atom stereocenters. The molecule has 0 bridgehead atoms. The predicted molar refractivity (Wildman–Crippen MR) is 96.9 cm³/mol. The number of rotatable bonds is 4. The standard InChI is InChI=1S/C20H17ClN2O/c1-15(20(24)22-19-11-9-18(21)10-12-19)23-13-5-8-17(14-23)16-6-3-2-4-7-16/h2-15H,1H3/p+1/t15-/m0/s1. The lowest BCUT2D eigenvalue weighted by Crippen LogP contribution is -2.44. The van der Waals surface area contributed by atoms with Crippen LogP contribution < -0.4 is 9.88 Å². The maximum atomic E-state index is 12.5. The molecule has 0 aliphatic carbocycles. The Balaban J connectivity index is 1.78. The van der Waals surface area contributed by atoms with Gasteiger partial charge in [-0.1, -0.05) is 41.9 Å². The van der Waals surface area contributed by atoms with Crippen LogP contribution in [-0.2, 0) is 4.79 Å². The van der Waals surface area contributed by atoms with E-state index in [1.807, 2.05) is 54.2 Å². The van der Waals surface area contributed by atoms with Crippen LogP contribution in [0.1, 0.15) is 13.0 Å². The van der Waals surface area contributed by atoms with Crippen LogP contribution >= 0.6 is 11.6 Å². The zero-order valence-electron chi connectivity index (χ0n) is 13.3. The highest BCUT2D eigenvalue weighted by Crippen LogP contribution is 2.17. The monoisotopic (exact) mass is 337 g/mol. The molecule has 3 aromatic rings. The number of carbonyl (C=O) groups is 1. The smallest absolute Gasteiger partial charge is 0.293 e. The molecule has 0 aliphatic heterocycles. The summed E-state index contributed by atoms with van der Waals surface area (Å²) in [6.07, 6.45) is 3.89. The molecule has 2 aromatic carbocycles. The second-order valence-corrected chi connectivity index (χ2v) is 6.01. The van der Waals surface area contributed by atoms with Gasteiger partial charge in [-0.25, -0.2) is 0 Å². The minimum atomic E-state index is -0.329. The summed E-state index contributed by atoms with van der Waals surface area (Å²) in [7, 11) is 0. The van der Waals surface area contributed by atoms with Crippen LogP contribution in [0.25, 0.3) is 11.1 Å². The summed E-state index contributed by atoms with van der Waals surface area (Å²) in [4.78, 5) is 12.5. The number of nitrogens with zero attached hydrogens (tertiary/aromatic N) is 1. The maximum Gasteiger partial charge on any atom is 0.293 e. The van der Waals surface area contributed by atoms with Gasteiger partial charge in [-0.15, -0.1) is 0 Å². The number of carbonyl (C=O) groups excluding carboxylic acids is 1. The Labute approximate surface area is 146 Å². The number of benzene rings is 2. The molecule has 1 amide bonds. The number of hydrogen-bond acceptors (Lipinski definition) is 1. The van der Waals surface area contributed by atoms with Gasteiger partial charge in [-0.05, 0) is 35.9 Å². The molecule has 1 N–H and O–H groups in total. The topological polar surface area (TPSA) is 33.0 Å². The lowest BCUT2D eigenvalue weighted by Gasteiger charge is -2.10. The van der Waals surface area contributed by atoms with E-state index in [0.29, 0.717) is 5.02 Å². The third-order valence-corrected chi connectivity index (χ3v) is 4.12. The van der Waals surface area contributed by atoms with E-state index in [4.69, 9.17) is 11.6 Å². The minimum absolute atomic E-state index is 0.0764. The number of hydrogen-bond donors (Lipinski definition) is 1. The van der Waals surface area contributed by atoms with Crippen LogP contribution in [-0.4, -0.2) is 5.91 Å². The Hall–Kier alpha value is -2.65. The number of pyridine rings is 1. The highest BCUT2D eigenvalue weighted by Gasteiger charge is 2.22. The van der Waals surface area contributed by atoms with Crippen molar-refractivity contribution in [2.45, 2.75) is 13.0 Å². The second kappa shape index (κ2) is 7.28. The maximum absolute atomic E-state index is 12.5. The van der Waals surface area contributed by atoms with Crippen LogP contribution in [0.4, 0.5) is 5.69 Å². The van der Waals surface area contributed by atoms with E-state index in [1.165, 1.54) is 0 Å². The highest BCUT2D eigenvalue weighted by atomic mass is 35.5. The molecule has 0 fully saturated rings. The Morgan fingerprint density at radius 2 is 1.62 bits per heavy atom. The summed E-state index contributed by atoms with van der Waals surface area (Å²) in [5.74, 6) is -0.0764. The minimum Gasteiger partial charge on any atom is -0.320 e. The Morgan fingerprint density at radius 1 is 0.958 bits per heavy atom. The summed E-state index contributed by atoms with van der Waals surface area (Å²) < 4.78 is 1.91. The van der Waals surface area contributed by atoms with E-state index in [-0.39, 0.29) is 11.9 Å². The molecular formula is C20H18ClN2O+. The molecule has 1 aromatic heterocycles. The van der Waals surface area contributed by atoms with E-state index in [0.717, 1.165) is 16.8 Å². The zero-order valence-corrected chi connectivity index (χ0v) is 14.1. The largest absolute Gasteiger partial charge is 0.320 e. The van der Waals surface area contributed by atoms with E-state index in [9.17, 15) is 4.79 Å². The molecule has 0 saturated heterocycles. The van der Waals surface area contributed by atoms with E-state index < -0.39 is 0 Å². The summed E-state index contributed by atoms with van der Waals surface area (Å²) in [6, 6.07) is 20.9. The van der Waals surface area contributed by atoms with Crippen LogP contribution in [0, 0.1) is 0 Å². The normalized spacial score (nSPS) is 11.8. The van der Waals surface area contributed by atoms with Gasteiger partial charge in [0.25, 0.3) is 5.91 Å². The van der Waals surface area contributed by atoms with Crippen molar-refractivity contribution < 1.29 is 9.36 Å². The first-order chi connectivity index (χ1) is 11.6. The number of amides is 1. The third kappa shape index (κ3) is 3.81. The second-order valence-electron chi connectivity index (χ2n) is 5.58. The van der Waals surface area contributed by atoms with E-state index >= 15 is 0 Å². The van der Waals surface area contributed by atoms with Gasteiger partial charge in [0.1, 0.15) is 0 Å². The molecular weight excluding hydrogens is 320 g/mol.